The Morgan fingerprint density at radius 1 is 1.33 bits per heavy atom. The van der Waals surface area contributed by atoms with E-state index in [1.165, 1.54) is 5.56 Å². The molecular formula is C12H12ClNO. The molecular weight excluding hydrogens is 210 g/mol. The first-order valence-electron chi connectivity index (χ1n) is 4.77. The molecule has 1 aromatic carbocycles. The summed E-state index contributed by atoms with van der Waals surface area (Å²) in [5, 5.41) is 4.06. The number of aryl methyl sites for hydroxylation is 1. The molecule has 0 fully saturated rings. The Balaban J connectivity index is 2.07. The van der Waals surface area contributed by atoms with Crippen LogP contribution in [0.1, 0.15) is 11.1 Å². The van der Waals surface area contributed by atoms with Crippen molar-refractivity contribution in [1.29, 1.82) is 0 Å². The molecule has 3 heteroatoms. The second kappa shape index (κ2) is 4.41. The van der Waals surface area contributed by atoms with E-state index in [2.05, 4.69) is 5.32 Å². The van der Waals surface area contributed by atoms with Crippen LogP contribution >= 0.6 is 11.6 Å². The van der Waals surface area contributed by atoms with Crippen molar-refractivity contribution in [3.05, 3.63) is 52.9 Å². The van der Waals surface area contributed by atoms with Crippen LogP contribution in [0.3, 0.4) is 0 Å². The quantitative estimate of drug-likeness (QED) is 0.852. The topological polar surface area (TPSA) is 25.2 Å². The molecule has 0 amide bonds. The van der Waals surface area contributed by atoms with E-state index < -0.39 is 0 Å². The van der Waals surface area contributed by atoms with Gasteiger partial charge in [-0.2, -0.15) is 0 Å². The van der Waals surface area contributed by atoms with Gasteiger partial charge in [0, 0.05) is 22.8 Å². The van der Waals surface area contributed by atoms with Gasteiger partial charge in [-0.15, -0.1) is 0 Å². The lowest BCUT2D eigenvalue weighted by Crippen LogP contribution is -1.99. The fourth-order valence-electron chi connectivity index (χ4n) is 1.38. The highest BCUT2D eigenvalue weighted by Crippen LogP contribution is 2.20. The minimum atomic E-state index is 0.746. The minimum Gasteiger partial charge on any atom is -0.472 e. The summed E-state index contributed by atoms with van der Waals surface area (Å²) < 4.78 is 4.99. The summed E-state index contributed by atoms with van der Waals surface area (Å²) in [4.78, 5) is 0. The van der Waals surface area contributed by atoms with Crippen LogP contribution < -0.4 is 5.32 Å². The Kier molecular flexibility index (Phi) is 2.97. The van der Waals surface area contributed by atoms with E-state index in [1.54, 1.807) is 12.5 Å². The second-order valence-electron chi connectivity index (χ2n) is 3.44. The van der Waals surface area contributed by atoms with Gasteiger partial charge in [-0.05, 0) is 30.7 Å². The highest BCUT2D eigenvalue weighted by atomic mass is 35.5. The fraction of sp³-hybridized carbons (Fsp3) is 0.167. The predicted molar refractivity (Wildman–Crippen MR) is 62.2 cm³/mol. The Bertz CT molecular complexity index is 437. The number of halogens is 1. The molecule has 0 unspecified atom stereocenters. The second-order valence-corrected chi connectivity index (χ2v) is 3.88. The molecule has 0 radical (unpaired) electrons. The Hall–Kier alpha value is -1.41. The fourth-order valence-corrected chi connectivity index (χ4v) is 1.55. The molecule has 0 aliphatic carbocycles. The van der Waals surface area contributed by atoms with E-state index in [0.717, 1.165) is 22.8 Å². The molecule has 15 heavy (non-hydrogen) atoms. The third kappa shape index (κ3) is 2.54. The van der Waals surface area contributed by atoms with Gasteiger partial charge in [0.05, 0.1) is 12.5 Å². The minimum absolute atomic E-state index is 0.746. The van der Waals surface area contributed by atoms with Crippen molar-refractivity contribution in [3.63, 3.8) is 0 Å². The highest BCUT2D eigenvalue weighted by Gasteiger charge is 1.99. The van der Waals surface area contributed by atoms with Gasteiger partial charge in [0.2, 0.25) is 0 Å². The van der Waals surface area contributed by atoms with Crippen LogP contribution in [0.5, 0.6) is 0 Å². The molecule has 2 aromatic rings. The molecule has 1 N–H and O–H groups in total. The van der Waals surface area contributed by atoms with Crippen LogP contribution in [-0.4, -0.2) is 0 Å². The van der Waals surface area contributed by atoms with Crippen LogP contribution in [0, 0.1) is 6.92 Å². The monoisotopic (exact) mass is 221 g/mol. The number of anilines is 1. The Labute approximate surface area is 93.9 Å². The Morgan fingerprint density at radius 3 is 2.93 bits per heavy atom. The van der Waals surface area contributed by atoms with E-state index in [0.29, 0.717) is 0 Å². The average Bonchev–Trinajstić information content (AvgIpc) is 2.72. The highest BCUT2D eigenvalue weighted by molar-refractivity contribution is 6.30. The standard InChI is InChI=1S/C12H12ClNO/c1-9-2-3-11(13)6-12(9)14-7-10-4-5-15-8-10/h2-6,8,14H,7H2,1H3. The molecule has 78 valence electrons. The van der Waals surface area contributed by atoms with E-state index in [-0.39, 0.29) is 0 Å². The first-order chi connectivity index (χ1) is 7.25. The van der Waals surface area contributed by atoms with Crippen molar-refractivity contribution >= 4 is 17.3 Å². The lowest BCUT2D eigenvalue weighted by Gasteiger charge is -2.08. The van der Waals surface area contributed by atoms with Crippen LogP contribution in [0.25, 0.3) is 0 Å². The first-order valence-corrected chi connectivity index (χ1v) is 5.14. The van der Waals surface area contributed by atoms with Gasteiger partial charge in [-0.1, -0.05) is 17.7 Å². The van der Waals surface area contributed by atoms with Crippen molar-refractivity contribution in [2.45, 2.75) is 13.5 Å². The van der Waals surface area contributed by atoms with Gasteiger partial charge in [0.1, 0.15) is 0 Å². The SMILES string of the molecule is Cc1ccc(Cl)cc1NCc1ccoc1. The molecule has 0 aliphatic heterocycles. The Morgan fingerprint density at radius 2 is 2.20 bits per heavy atom. The van der Waals surface area contributed by atoms with Crippen molar-refractivity contribution < 1.29 is 4.42 Å². The summed E-state index contributed by atoms with van der Waals surface area (Å²) in [6.45, 7) is 2.80. The zero-order chi connectivity index (χ0) is 10.7. The maximum atomic E-state index is 5.92. The van der Waals surface area contributed by atoms with Crippen LogP contribution in [-0.2, 0) is 6.54 Å². The van der Waals surface area contributed by atoms with Gasteiger partial charge in [0.15, 0.2) is 0 Å². The van der Waals surface area contributed by atoms with Gasteiger partial charge < -0.3 is 9.73 Å². The smallest absolute Gasteiger partial charge is 0.0952 e. The lowest BCUT2D eigenvalue weighted by atomic mass is 10.2. The summed E-state index contributed by atoms with van der Waals surface area (Å²) in [7, 11) is 0. The predicted octanol–water partition coefficient (Wildman–Crippen LogP) is 3.85. The van der Waals surface area contributed by atoms with Crippen molar-refractivity contribution in [3.8, 4) is 0 Å². The van der Waals surface area contributed by atoms with Gasteiger partial charge in [-0.3, -0.25) is 0 Å². The number of rotatable bonds is 3. The molecule has 2 rings (SSSR count). The van der Waals surface area contributed by atoms with Crippen molar-refractivity contribution in [2.75, 3.05) is 5.32 Å². The van der Waals surface area contributed by atoms with E-state index in [4.69, 9.17) is 16.0 Å². The zero-order valence-corrected chi connectivity index (χ0v) is 9.21. The van der Waals surface area contributed by atoms with Gasteiger partial charge in [-0.25, -0.2) is 0 Å². The number of nitrogens with one attached hydrogen (secondary N) is 1. The molecule has 0 bridgehead atoms. The third-order valence-corrected chi connectivity index (χ3v) is 2.50. The normalized spacial score (nSPS) is 10.3. The van der Waals surface area contributed by atoms with Crippen LogP contribution in [0.4, 0.5) is 5.69 Å². The van der Waals surface area contributed by atoms with Crippen LogP contribution in [0.15, 0.2) is 41.2 Å². The zero-order valence-electron chi connectivity index (χ0n) is 8.46. The molecule has 0 aliphatic rings. The molecule has 2 nitrogen and oxygen atoms in total. The number of hydrogen-bond acceptors (Lipinski definition) is 2. The largest absolute Gasteiger partial charge is 0.472 e. The summed E-state index contributed by atoms with van der Waals surface area (Å²) in [5.74, 6) is 0. The molecule has 0 saturated heterocycles. The van der Waals surface area contributed by atoms with E-state index in [1.807, 2.05) is 31.2 Å². The molecule has 1 heterocycles. The number of hydrogen-bond donors (Lipinski definition) is 1. The third-order valence-electron chi connectivity index (χ3n) is 2.26. The van der Waals surface area contributed by atoms with E-state index in [9.17, 15) is 0 Å². The maximum absolute atomic E-state index is 5.92. The summed E-state index contributed by atoms with van der Waals surface area (Å²) in [6, 6.07) is 7.75. The lowest BCUT2D eigenvalue weighted by molar-refractivity contribution is 0.564. The summed E-state index contributed by atoms with van der Waals surface area (Å²) in [6.07, 6.45) is 3.40. The van der Waals surface area contributed by atoms with Crippen molar-refractivity contribution in [1.82, 2.24) is 0 Å². The average molecular weight is 222 g/mol. The van der Waals surface area contributed by atoms with Gasteiger partial charge >= 0.3 is 0 Å². The van der Waals surface area contributed by atoms with E-state index >= 15 is 0 Å². The molecule has 0 spiro atoms. The number of furan rings is 1. The summed E-state index contributed by atoms with van der Waals surface area (Å²) >= 11 is 5.92. The van der Waals surface area contributed by atoms with Crippen molar-refractivity contribution in [2.24, 2.45) is 0 Å². The molecule has 0 saturated carbocycles. The summed E-state index contributed by atoms with van der Waals surface area (Å²) in [5.41, 5.74) is 3.36. The van der Waals surface area contributed by atoms with Gasteiger partial charge in [0.25, 0.3) is 0 Å². The molecule has 1 aromatic heterocycles. The first kappa shape index (κ1) is 10.1. The van der Waals surface area contributed by atoms with Crippen LogP contribution in [0.2, 0.25) is 5.02 Å². The molecule has 0 atom stereocenters. The number of benzene rings is 1. The maximum Gasteiger partial charge on any atom is 0.0952 e.